The number of hydrogen-bond acceptors (Lipinski definition) is 4. The van der Waals surface area contributed by atoms with Gasteiger partial charge in [0, 0.05) is 34.7 Å². The van der Waals surface area contributed by atoms with Crippen LogP contribution in [0.15, 0.2) is 34.3 Å². The van der Waals surface area contributed by atoms with Crippen LogP contribution in [0.5, 0.6) is 11.5 Å². The van der Waals surface area contributed by atoms with E-state index in [0.29, 0.717) is 24.6 Å². The first-order valence-electron chi connectivity index (χ1n) is 15.2. The molecule has 0 aromatic heterocycles. The Kier molecular flexibility index (Phi) is 10.8. The van der Waals surface area contributed by atoms with E-state index in [1.54, 1.807) is 12.4 Å². The van der Waals surface area contributed by atoms with E-state index in [2.05, 4.69) is 117 Å². The van der Waals surface area contributed by atoms with Gasteiger partial charge in [0.05, 0.1) is 13.1 Å². The van der Waals surface area contributed by atoms with Crippen LogP contribution in [0.3, 0.4) is 0 Å². The van der Waals surface area contributed by atoms with Gasteiger partial charge in [-0.1, -0.05) is 95.2 Å². The van der Waals surface area contributed by atoms with Gasteiger partial charge >= 0.3 is 0 Å². The van der Waals surface area contributed by atoms with Crippen LogP contribution in [0.1, 0.15) is 142 Å². The van der Waals surface area contributed by atoms with Gasteiger partial charge in [0.15, 0.2) is 0 Å². The number of benzene rings is 2. The van der Waals surface area contributed by atoms with Crippen molar-refractivity contribution < 1.29 is 10.2 Å². The van der Waals surface area contributed by atoms with Crippen molar-refractivity contribution in [3.05, 3.63) is 57.6 Å². The minimum Gasteiger partial charge on any atom is -0.507 e. The molecule has 0 heterocycles. The molecule has 222 valence electrons. The highest BCUT2D eigenvalue weighted by atomic mass is 16.3. The second-order valence-corrected chi connectivity index (χ2v) is 13.9. The molecule has 2 aromatic rings. The van der Waals surface area contributed by atoms with E-state index in [1.165, 1.54) is 11.1 Å². The third kappa shape index (κ3) is 7.56. The molecule has 40 heavy (non-hydrogen) atoms. The van der Waals surface area contributed by atoms with Crippen molar-refractivity contribution in [2.24, 2.45) is 9.98 Å². The minimum absolute atomic E-state index is 0.00717. The number of aliphatic imine (C=N–C) groups is 2. The molecule has 0 unspecified atom stereocenters. The van der Waals surface area contributed by atoms with Crippen molar-refractivity contribution in [1.29, 1.82) is 0 Å². The highest BCUT2D eigenvalue weighted by molar-refractivity contribution is 5.86. The highest BCUT2D eigenvalue weighted by Gasteiger charge is 2.29. The van der Waals surface area contributed by atoms with E-state index >= 15 is 0 Å². The predicted octanol–water partition coefficient (Wildman–Crippen LogP) is 9.39. The highest BCUT2D eigenvalue weighted by Crippen LogP contribution is 2.41. The van der Waals surface area contributed by atoms with Crippen molar-refractivity contribution in [2.45, 2.75) is 130 Å². The summed E-state index contributed by atoms with van der Waals surface area (Å²) in [5.41, 5.74) is 5.67. The lowest BCUT2D eigenvalue weighted by molar-refractivity contribution is 0.423. The molecule has 2 rings (SSSR count). The molecule has 0 aliphatic heterocycles. The summed E-state index contributed by atoms with van der Waals surface area (Å²) in [5.74, 6) is 0.641. The van der Waals surface area contributed by atoms with E-state index in [4.69, 9.17) is 0 Å². The fourth-order valence-corrected chi connectivity index (χ4v) is 4.55. The number of hydrogen-bond donors (Lipinski definition) is 2. The van der Waals surface area contributed by atoms with Gasteiger partial charge in [-0.25, -0.2) is 0 Å². The molecule has 4 nitrogen and oxygen atoms in total. The lowest BCUT2D eigenvalue weighted by Gasteiger charge is -2.30. The van der Waals surface area contributed by atoms with Crippen LogP contribution < -0.4 is 0 Å². The van der Waals surface area contributed by atoms with Gasteiger partial charge in [0.25, 0.3) is 0 Å². The lowest BCUT2D eigenvalue weighted by Crippen LogP contribution is -2.21. The molecule has 0 saturated carbocycles. The van der Waals surface area contributed by atoms with E-state index in [-0.39, 0.29) is 21.7 Å². The summed E-state index contributed by atoms with van der Waals surface area (Å²) in [6.45, 7) is 27.4. The molecule has 0 atom stereocenters. The van der Waals surface area contributed by atoms with Gasteiger partial charge in [-0.2, -0.15) is 0 Å². The normalized spacial score (nSPS) is 13.6. The average molecular weight is 549 g/mol. The maximum absolute atomic E-state index is 11.2. The number of phenolic OH excluding ortho intramolecular Hbond substituents is 2. The Morgan fingerprint density at radius 1 is 0.525 bits per heavy atom. The standard InChI is InChI=1S/C36H56N2O2/c1-13-33(5,6)27-19-25(31(39)29(21-27)35(9,10)15-3)23-37-17-18-38-24-26-20-28(34(7,8)14-2)22-30(32(26)40)36(11,12)16-4/h19-24,39-40H,13-18H2,1-12H3. The van der Waals surface area contributed by atoms with E-state index in [0.717, 1.165) is 47.9 Å². The quantitative estimate of drug-likeness (QED) is 0.193. The first-order chi connectivity index (χ1) is 18.5. The summed E-state index contributed by atoms with van der Waals surface area (Å²) in [5, 5.41) is 22.4. The number of nitrogens with zero attached hydrogens (tertiary/aromatic N) is 2. The van der Waals surface area contributed by atoms with Crippen LogP contribution in [-0.2, 0) is 21.7 Å². The number of phenols is 2. The van der Waals surface area contributed by atoms with Gasteiger partial charge < -0.3 is 10.2 Å². The maximum atomic E-state index is 11.2. The molecule has 0 saturated heterocycles. The number of aromatic hydroxyl groups is 2. The molecule has 0 bridgehead atoms. The summed E-state index contributed by atoms with van der Waals surface area (Å²) >= 11 is 0. The molecular weight excluding hydrogens is 492 g/mol. The van der Waals surface area contributed by atoms with Gasteiger partial charge in [-0.05, 0) is 70.6 Å². The largest absolute Gasteiger partial charge is 0.507 e. The second-order valence-electron chi connectivity index (χ2n) is 13.9. The third-order valence-corrected chi connectivity index (χ3v) is 9.65. The van der Waals surface area contributed by atoms with Gasteiger partial charge in [-0.15, -0.1) is 0 Å². The zero-order valence-electron chi connectivity index (χ0n) is 27.5. The fourth-order valence-electron chi connectivity index (χ4n) is 4.55. The first kappa shape index (κ1) is 33.6. The molecule has 0 radical (unpaired) electrons. The molecular formula is C36H56N2O2. The Morgan fingerprint density at radius 3 is 1.10 bits per heavy atom. The topological polar surface area (TPSA) is 65.2 Å². The monoisotopic (exact) mass is 548 g/mol. The van der Waals surface area contributed by atoms with E-state index in [1.807, 2.05) is 0 Å². The van der Waals surface area contributed by atoms with E-state index < -0.39 is 0 Å². The molecule has 4 heteroatoms. The molecule has 2 aromatic carbocycles. The third-order valence-electron chi connectivity index (χ3n) is 9.65. The fraction of sp³-hybridized carbons (Fsp3) is 0.611. The lowest BCUT2D eigenvalue weighted by atomic mass is 9.75. The van der Waals surface area contributed by atoms with Crippen molar-refractivity contribution in [3.63, 3.8) is 0 Å². The van der Waals surface area contributed by atoms with Gasteiger partial charge in [0.1, 0.15) is 11.5 Å². The first-order valence-corrected chi connectivity index (χ1v) is 15.2. The molecule has 0 aliphatic carbocycles. The Hall–Kier alpha value is -2.62. The van der Waals surface area contributed by atoms with E-state index in [9.17, 15) is 10.2 Å². The Bertz CT molecular complexity index is 1120. The predicted molar refractivity (Wildman–Crippen MR) is 174 cm³/mol. The zero-order chi connectivity index (χ0) is 30.5. The molecule has 2 N–H and O–H groups in total. The summed E-state index contributed by atoms with van der Waals surface area (Å²) in [4.78, 5) is 9.27. The van der Waals surface area contributed by atoms with Gasteiger partial charge in [-0.3, -0.25) is 9.98 Å². The van der Waals surface area contributed by atoms with Crippen LogP contribution in [-0.4, -0.2) is 35.7 Å². The van der Waals surface area contributed by atoms with Crippen molar-refractivity contribution in [1.82, 2.24) is 0 Å². The van der Waals surface area contributed by atoms with Gasteiger partial charge in [0.2, 0.25) is 0 Å². The summed E-state index contributed by atoms with van der Waals surface area (Å²) in [6, 6.07) is 8.52. The molecule has 0 fully saturated rings. The summed E-state index contributed by atoms with van der Waals surface area (Å²) < 4.78 is 0. The SMILES string of the molecule is CCC(C)(C)c1cc(C=NCCN=Cc2cc(C(C)(C)CC)cc(C(C)(C)CC)c2O)c(O)c(C(C)(C)CC)c1. The van der Waals surface area contributed by atoms with Crippen molar-refractivity contribution in [2.75, 3.05) is 13.1 Å². The smallest absolute Gasteiger partial charge is 0.128 e. The van der Waals surface area contributed by atoms with Crippen LogP contribution >= 0.6 is 0 Å². The second kappa shape index (κ2) is 12.9. The summed E-state index contributed by atoms with van der Waals surface area (Å²) in [7, 11) is 0. The minimum atomic E-state index is -0.134. The zero-order valence-corrected chi connectivity index (χ0v) is 27.5. The Morgan fingerprint density at radius 2 is 0.825 bits per heavy atom. The van der Waals surface area contributed by atoms with Crippen LogP contribution in [0.25, 0.3) is 0 Å². The van der Waals surface area contributed by atoms with Crippen LogP contribution in [0.2, 0.25) is 0 Å². The van der Waals surface area contributed by atoms with Crippen molar-refractivity contribution in [3.8, 4) is 11.5 Å². The average Bonchev–Trinajstić information content (AvgIpc) is 2.91. The van der Waals surface area contributed by atoms with Crippen LogP contribution in [0.4, 0.5) is 0 Å². The van der Waals surface area contributed by atoms with Crippen LogP contribution in [0, 0.1) is 0 Å². The Labute approximate surface area is 245 Å². The molecule has 0 spiro atoms. The molecule has 0 amide bonds. The molecule has 0 aliphatic rings. The number of rotatable bonds is 13. The van der Waals surface area contributed by atoms with Crippen molar-refractivity contribution >= 4 is 12.4 Å². The maximum Gasteiger partial charge on any atom is 0.128 e. The Balaban J connectivity index is 2.35. The summed E-state index contributed by atoms with van der Waals surface area (Å²) in [6.07, 6.45) is 7.47.